The molecule has 1 atom stereocenters. The Bertz CT molecular complexity index is 502. The van der Waals surface area contributed by atoms with E-state index in [1.807, 2.05) is 18.2 Å². The average Bonchev–Trinajstić information content (AvgIpc) is 2.43. The summed E-state index contributed by atoms with van der Waals surface area (Å²) in [6.07, 6.45) is -0.305. The fraction of sp³-hybridized carbons (Fsp3) is 0.429. The highest BCUT2D eigenvalue weighted by Crippen LogP contribution is 2.30. The first-order valence-corrected chi connectivity index (χ1v) is 6.53. The summed E-state index contributed by atoms with van der Waals surface area (Å²) >= 11 is 0. The number of fused-ring (bicyclic) bond motifs is 1. The second-order valence-corrected chi connectivity index (χ2v) is 4.84. The molecule has 2 amide bonds. The average molecular weight is 278 g/mol. The highest BCUT2D eigenvalue weighted by molar-refractivity contribution is 6.35. The van der Waals surface area contributed by atoms with E-state index < -0.39 is 11.8 Å². The highest BCUT2D eigenvalue weighted by Gasteiger charge is 2.22. The van der Waals surface area contributed by atoms with Crippen LogP contribution in [0, 0.1) is 0 Å². The van der Waals surface area contributed by atoms with Crippen LogP contribution in [0.25, 0.3) is 0 Å². The van der Waals surface area contributed by atoms with Crippen molar-refractivity contribution in [3.05, 3.63) is 24.3 Å². The quantitative estimate of drug-likeness (QED) is 0.788. The van der Waals surface area contributed by atoms with Crippen LogP contribution in [0.4, 0.5) is 0 Å². The van der Waals surface area contributed by atoms with E-state index >= 15 is 0 Å². The van der Waals surface area contributed by atoms with Gasteiger partial charge in [0.1, 0.15) is 12.7 Å². The molecule has 0 aromatic heterocycles. The lowest BCUT2D eigenvalue weighted by Crippen LogP contribution is -2.47. The van der Waals surface area contributed by atoms with Crippen molar-refractivity contribution in [3.63, 3.8) is 0 Å². The predicted molar refractivity (Wildman–Crippen MR) is 72.6 cm³/mol. The standard InChI is InChI=1S/C14H18N2O4/c1-9(2)16-14(18)13(17)15-7-10-8-19-11-5-3-4-6-12(11)20-10/h3-6,9-10H,7-8H2,1-2H3,(H,15,17)(H,16,18). The number of ether oxygens (including phenoxy) is 2. The molecule has 2 rings (SSSR count). The van der Waals surface area contributed by atoms with Crippen LogP contribution in [0.1, 0.15) is 13.8 Å². The smallest absolute Gasteiger partial charge is 0.309 e. The van der Waals surface area contributed by atoms with Gasteiger partial charge in [-0.05, 0) is 26.0 Å². The first-order valence-electron chi connectivity index (χ1n) is 6.53. The van der Waals surface area contributed by atoms with E-state index in [0.29, 0.717) is 18.1 Å². The SMILES string of the molecule is CC(C)NC(=O)C(=O)NCC1COc2ccccc2O1. The van der Waals surface area contributed by atoms with Crippen molar-refractivity contribution in [2.24, 2.45) is 0 Å². The van der Waals surface area contributed by atoms with Crippen molar-refractivity contribution in [1.29, 1.82) is 0 Å². The molecule has 108 valence electrons. The van der Waals surface area contributed by atoms with Crippen LogP contribution in [0.15, 0.2) is 24.3 Å². The van der Waals surface area contributed by atoms with Gasteiger partial charge in [-0.25, -0.2) is 0 Å². The number of nitrogens with one attached hydrogen (secondary N) is 2. The first-order chi connectivity index (χ1) is 9.56. The fourth-order valence-corrected chi connectivity index (χ4v) is 1.78. The molecule has 0 saturated heterocycles. The molecule has 0 spiro atoms. The van der Waals surface area contributed by atoms with Crippen molar-refractivity contribution in [2.75, 3.05) is 13.2 Å². The molecule has 1 aliphatic heterocycles. The van der Waals surface area contributed by atoms with Crippen LogP contribution in [0.2, 0.25) is 0 Å². The lowest BCUT2D eigenvalue weighted by molar-refractivity contribution is -0.139. The lowest BCUT2D eigenvalue weighted by Gasteiger charge is -2.26. The minimum absolute atomic E-state index is 0.0746. The number of carbonyl (C=O) groups excluding carboxylic acids is 2. The van der Waals surface area contributed by atoms with Gasteiger partial charge in [0.15, 0.2) is 11.5 Å². The molecule has 0 radical (unpaired) electrons. The monoisotopic (exact) mass is 278 g/mol. The van der Waals surface area contributed by atoms with Gasteiger partial charge in [0, 0.05) is 6.04 Å². The van der Waals surface area contributed by atoms with E-state index in [-0.39, 0.29) is 18.7 Å². The van der Waals surface area contributed by atoms with Gasteiger partial charge < -0.3 is 20.1 Å². The van der Waals surface area contributed by atoms with E-state index in [1.165, 1.54) is 0 Å². The highest BCUT2D eigenvalue weighted by atomic mass is 16.6. The first kappa shape index (κ1) is 14.2. The molecule has 1 heterocycles. The van der Waals surface area contributed by atoms with Gasteiger partial charge in [0.2, 0.25) is 0 Å². The molecule has 0 bridgehead atoms. The van der Waals surface area contributed by atoms with Gasteiger partial charge >= 0.3 is 11.8 Å². The molecular formula is C14H18N2O4. The van der Waals surface area contributed by atoms with E-state index in [0.717, 1.165) is 0 Å². The van der Waals surface area contributed by atoms with Crippen molar-refractivity contribution >= 4 is 11.8 Å². The maximum Gasteiger partial charge on any atom is 0.309 e. The Morgan fingerprint density at radius 1 is 1.25 bits per heavy atom. The summed E-state index contributed by atoms with van der Waals surface area (Å²) in [5, 5.41) is 5.06. The lowest BCUT2D eigenvalue weighted by atomic mass is 10.2. The molecular weight excluding hydrogens is 260 g/mol. The molecule has 20 heavy (non-hydrogen) atoms. The van der Waals surface area contributed by atoms with E-state index in [1.54, 1.807) is 19.9 Å². The fourth-order valence-electron chi connectivity index (χ4n) is 1.78. The topological polar surface area (TPSA) is 76.7 Å². The van der Waals surface area contributed by atoms with Gasteiger partial charge in [0.25, 0.3) is 0 Å². The number of rotatable bonds is 3. The van der Waals surface area contributed by atoms with Crippen molar-refractivity contribution in [1.82, 2.24) is 10.6 Å². The molecule has 1 unspecified atom stereocenters. The summed E-state index contributed by atoms with van der Waals surface area (Å²) < 4.78 is 11.2. The van der Waals surface area contributed by atoms with Gasteiger partial charge in [-0.15, -0.1) is 0 Å². The van der Waals surface area contributed by atoms with Crippen molar-refractivity contribution in [2.45, 2.75) is 26.0 Å². The van der Waals surface area contributed by atoms with Crippen LogP contribution in [-0.2, 0) is 9.59 Å². The number of hydrogen-bond donors (Lipinski definition) is 2. The zero-order valence-corrected chi connectivity index (χ0v) is 11.5. The zero-order valence-electron chi connectivity index (χ0n) is 11.5. The molecule has 6 heteroatoms. The number of amides is 2. The Hall–Kier alpha value is -2.24. The normalized spacial score (nSPS) is 16.6. The third-order valence-electron chi connectivity index (χ3n) is 2.68. The summed E-state index contributed by atoms with van der Waals surface area (Å²) in [5.41, 5.74) is 0. The van der Waals surface area contributed by atoms with E-state index in [2.05, 4.69) is 10.6 Å². The number of benzene rings is 1. The Morgan fingerprint density at radius 2 is 1.95 bits per heavy atom. The Kier molecular flexibility index (Phi) is 4.45. The third kappa shape index (κ3) is 3.63. The maximum absolute atomic E-state index is 11.5. The molecule has 1 aromatic rings. The number of hydrogen-bond acceptors (Lipinski definition) is 4. The molecule has 1 aromatic carbocycles. The molecule has 0 fully saturated rings. The van der Waals surface area contributed by atoms with Gasteiger partial charge in [-0.1, -0.05) is 12.1 Å². The van der Waals surface area contributed by atoms with E-state index in [9.17, 15) is 9.59 Å². The van der Waals surface area contributed by atoms with Gasteiger partial charge in [-0.2, -0.15) is 0 Å². The minimum atomic E-state index is -0.666. The summed E-state index contributed by atoms with van der Waals surface area (Å²) in [5.74, 6) is 0.0237. The number of para-hydroxylation sites is 2. The van der Waals surface area contributed by atoms with Crippen LogP contribution in [0.3, 0.4) is 0 Å². The summed E-state index contributed by atoms with van der Waals surface area (Å²) in [4.78, 5) is 23.0. The van der Waals surface area contributed by atoms with Crippen molar-refractivity contribution in [3.8, 4) is 11.5 Å². The van der Waals surface area contributed by atoms with Gasteiger partial charge in [-0.3, -0.25) is 9.59 Å². The van der Waals surface area contributed by atoms with Crippen LogP contribution in [-0.4, -0.2) is 37.1 Å². The Labute approximate surface area is 117 Å². The minimum Gasteiger partial charge on any atom is -0.486 e. The number of carbonyl (C=O) groups is 2. The Morgan fingerprint density at radius 3 is 2.65 bits per heavy atom. The zero-order chi connectivity index (χ0) is 14.5. The molecule has 0 saturated carbocycles. The molecule has 0 aliphatic carbocycles. The van der Waals surface area contributed by atoms with E-state index in [4.69, 9.17) is 9.47 Å². The summed E-state index contributed by atoms with van der Waals surface area (Å²) in [7, 11) is 0. The second kappa shape index (κ2) is 6.27. The van der Waals surface area contributed by atoms with Crippen LogP contribution in [0.5, 0.6) is 11.5 Å². The molecule has 1 aliphatic rings. The van der Waals surface area contributed by atoms with Crippen LogP contribution < -0.4 is 20.1 Å². The van der Waals surface area contributed by atoms with Crippen molar-refractivity contribution < 1.29 is 19.1 Å². The van der Waals surface area contributed by atoms with Gasteiger partial charge in [0.05, 0.1) is 6.54 Å². The third-order valence-corrected chi connectivity index (χ3v) is 2.68. The predicted octanol–water partition coefficient (Wildman–Crippen LogP) is 0.467. The Balaban J connectivity index is 1.81. The second-order valence-electron chi connectivity index (χ2n) is 4.84. The summed E-state index contributed by atoms with van der Waals surface area (Å²) in [6, 6.07) is 7.25. The molecule has 2 N–H and O–H groups in total. The molecule has 6 nitrogen and oxygen atoms in total. The maximum atomic E-state index is 11.5. The van der Waals surface area contributed by atoms with Crippen LogP contribution >= 0.6 is 0 Å². The largest absolute Gasteiger partial charge is 0.486 e. The summed E-state index contributed by atoms with van der Waals surface area (Å²) in [6.45, 7) is 4.14.